The fourth-order valence-electron chi connectivity index (χ4n) is 2.54. The van der Waals surface area contributed by atoms with Crippen LogP contribution in [-0.2, 0) is 9.53 Å². The normalized spacial score (nSPS) is 17.1. The molecule has 6 nitrogen and oxygen atoms in total. The van der Waals surface area contributed by atoms with Gasteiger partial charge in [-0.3, -0.25) is 10.1 Å². The maximum Gasteiger partial charge on any atom is 0.255 e. The Morgan fingerprint density at radius 1 is 1.50 bits per heavy atom. The van der Waals surface area contributed by atoms with Gasteiger partial charge >= 0.3 is 0 Å². The van der Waals surface area contributed by atoms with E-state index in [4.69, 9.17) is 14.7 Å². The van der Waals surface area contributed by atoms with Gasteiger partial charge in [0.25, 0.3) is 5.91 Å². The molecule has 1 aromatic carbocycles. The third kappa shape index (κ3) is 3.55. The lowest BCUT2D eigenvalue weighted by atomic mass is 10.1. The highest BCUT2D eigenvalue weighted by molar-refractivity contribution is 7.19. The Labute approximate surface area is 144 Å². The van der Waals surface area contributed by atoms with Gasteiger partial charge in [-0.05, 0) is 37.0 Å². The number of methoxy groups -OCH3 is 1. The van der Waals surface area contributed by atoms with E-state index in [1.54, 1.807) is 18.3 Å². The summed E-state index contributed by atoms with van der Waals surface area (Å²) in [7, 11) is 1.53. The third-order valence-electron chi connectivity index (χ3n) is 3.81. The maximum atomic E-state index is 12.2. The minimum atomic E-state index is -0.388. The molecule has 24 heavy (non-hydrogen) atoms. The molecule has 0 bridgehead atoms. The van der Waals surface area contributed by atoms with Crippen LogP contribution in [0.3, 0.4) is 0 Å². The number of nitrogens with zero attached hydrogens (tertiary/aromatic N) is 2. The second-order valence-corrected chi connectivity index (χ2v) is 6.43. The average Bonchev–Trinajstić information content (AvgIpc) is 3.10. The minimum Gasteiger partial charge on any atom is -0.495 e. The number of nitrogens with one attached hydrogen (secondary N) is 1. The van der Waals surface area contributed by atoms with Crippen molar-refractivity contribution < 1.29 is 14.3 Å². The molecule has 0 radical (unpaired) electrons. The SMILES string of the molecule is COc1cc(-c2cnc(NC(=O)[C@H]3CCCCO3)s2)ccc1C#N. The number of benzene rings is 1. The van der Waals surface area contributed by atoms with Crippen LogP contribution in [0, 0.1) is 11.3 Å². The van der Waals surface area contributed by atoms with Crippen molar-refractivity contribution in [1.82, 2.24) is 4.98 Å². The van der Waals surface area contributed by atoms with E-state index in [9.17, 15) is 4.79 Å². The number of nitriles is 1. The van der Waals surface area contributed by atoms with Gasteiger partial charge in [-0.15, -0.1) is 0 Å². The first-order chi connectivity index (χ1) is 11.7. The summed E-state index contributed by atoms with van der Waals surface area (Å²) in [6.07, 6.45) is 4.07. The van der Waals surface area contributed by atoms with E-state index in [1.165, 1.54) is 18.4 Å². The number of carbonyl (C=O) groups excluding carboxylic acids is 1. The highest BCUT2D eigenvalue weighted by Crippen LogP contribution is 2.32. The molecule has 1 atom stereocenters. The predicted octanol–water partition coefficient (Wildman–Crippen LogP) is 3.20. The van der Waals surface area contributed by atoms with Crippen LogP contribution < -0.4 is 10.1 Å². The van der Waals surface area contributed by atoms with Crippen molar-refractivity contribution in [2.45, 2.75) is 25.4 Å². The molecule has 0 unspecified atom stereocenters. The van der Waals surface area contributed by atoms with E-state index in [2.05, 4.69) is 16.4 Å². The molecular formula is C17H17N3O3S. The summed E-state index contributed by atoms with van der Waals surface area (Å²) in [5.41, 5.74) is 1.37. The summed E-state index contributed by atoms with van der Waals surface area (Å²) < 4.78 is 10.7. The highest BCUT2D eigenvalue weighted by Gasteiger charge is 2.22. The van der Waals surface area contributed by atoms with E-state index in [0.29, 0.717) is 23.1 Å². The number of amides is 1. The number of aromatic nitrogens is 1. The lowest BCUT2D eigenvalue weighted by molar-refractivity contribution is -0.129. The van der Waals surface area contributed by atoms with Crippen LogP contribution in [-0.4, -0.2) is 30.7 Å². The fourth-order valence-corrected chi connectivity index (χ4v) is 3.35. The summed E-state index contributed by atoms with van der Waals surface area (Å²) in [5, 5.41) is 12.4. The van der Waals surface area contributed by atoms with E-state index < -0.39 is 0 Å². The van der Waals surface area contributed by atoms with E-state index in [1.807, 2.05) is 6.07 Å². The number of anilines is 1. The van der Waals surface area contributed by atoms with E-state index >= 15 is 0 Å². The molecular weight excluding hydrogens is 326 g/mol. The number of carbonyl (C=O) groups is 1. The molecule has 1 saturated heterocycles. The highest BCUT2D eigenvalue weighted by atomic mass is 32.1. The number of hydrogen-bond donors (Lipinski definition) is 1. The van der Waals surface area contributed by atoms with Crippen molar-refractivity contribution in [2.24, 2.45) is 0 Å². The second kappa shape index (κ2) is 7.43. The van der Waals surface area contributed by atoms with Gasteiger partial charge in [0.05, 0.1) is 17.6 Å². The van der Waals surface area contributed by atoms with Crippen LogP contribution in [0.4, 0.5) is 5.13 Å². The third-order valence-corrected chi connectivity index (χ3v) is 4.78. The Morgan fingerprint density at radius 2 is 2.38 bits per heavy atom. The molecule has 0 spiro atoms. The monoisotopic (exact) mass is 343 g/mol. The zero-order chi connectivity index (χ0) is 16.9. The molecule has 7 heteroatoms. The molecule has 3 rings (SSSR count). The van der Waals surface area contributed by atoms with E-state index in [0.717, 1.165) is 29.7 Å². The smallest absolute Gasteiger partial charge is 0.255 e. The van der Waals surface area contributed by atoms with Crippen LogP contribution in [0.25, 0.3) is 10.4 Å². The molecule has 1 amide bonds. The van der Waals surface area contributed by atoms with Crippen molar-refractivity contribution in [3.63, 3.8) is 0 Å². The molecule has 124 valence electrons. The largest absolute Gasteiger partial charge is 0.495 e. The molecule has 2 heterocycles. The van der Waals surface area contributed by atoms with Gasteiger partial charge < -0.3 is 9.47 Å². The summed E-state index contributed by atoms with van der Waals surface area (Å²) in [4.78, 5) is 17.3. The van der Waals surface area contributed by atoms with Gasteiger partial charge in [0.2, 0.25) is 0 Å². The average molecular weight is 343 g/mol. The predicted molar refractivity (Wildman–Crippen MR) is 91.0 cm³/mol. The first kappa shape index (κ1) is 16.4. The van der Waals surface area contributed by atoms with Crippen LogP contribution in [0.2, 0.25) is 0 Å². The van der Waals surface area contributed by atoms with Gasteiger partial charge in [0.1, 0.15) is 17.9 Å². The lowest BCUT2D eigenvalue weighted by Gasteiger charge is -2.20. The topological polar surface area (TPSA) is 84.2 Å². The minimum absolute atomic E-state index is 0.145. The zero-order valence-electron chi connectivity index (χ0n) is 13.2. The van der Waals surface area contributed by atoms with Gasteiger partial charge in [-0.1, -0.05) is 17.4 Å². The van der Waals surface area contributed by atoms with Crippen LogP contribution in [0.15, 0.2) is 24.4 Å². The maximum absolute atomic E-state index is 12.2. The Hall–Kier alpha value is -2.43. The number of thiazole rings is 1. The molecule has 0 saturated carbocycles. The van der Waals surface area contributed by atoms with Crippen molar-refractivity contribution in [1.29, 1.82) is 5.26 Å². The summed E-state index contributed by atoms with van der Waals surface area (Å²) >= 11 is 1.37. The van der Waals surface area contributed by atoms with Gasteiger partial charge in [0, 0.05) is 12.8 Å². The molecule has 2 aromatic rings. The zero-order valence-corrected chi connectivity index (χ0v) is 14.1. The van der Waals surface area contributed by atoms with Crippen molar-refractivity contribution in [3.05, 3.63) is 30.0 Å². The molecule has 1 N–H and O–H groups in total. The summed E-state index contributed by atoms with van der Waals surface area (Å²) in [6, 6.07) is 7.43. The number of ether oxygens (including phenoxy) is 2. The standard InChI is InChI=1S/C17H17N3O3S/c1-22-14-8-11(5-6-12(14)9-18)15-10-19-17(24-15)20-16(21)13-4-2-3-7-23-13/h5-6,8,10,13H,2-4,7H2,1H3,(H,19,20,21)/t13-/m1/s1. The first-order valence-corrected chi connectivity index (χ1v) is 8.49. The summed E-state index contributed by atoms with van der Waals surface area (Å²) in [6.45, 7) is 0.631. The van der Waals surface area contributed by atoms with Gasteiger partial charge in [0.15, 0.2) is 5.13 Å². The first-order valence-electron chi connectivity index (χ1n) is 7.68. The number of rotatable bonds is 4. The second-order valence-electron chi connectivity index (χ2n) is 5.40. The van der Waals surface area contributed by atoms with Gasteiger partial charge in [-0.2, -0.15) is 5.26 Å². The van der Waals surface area contributed by atoms with Crippen molar-refractivity contribution in [3.8, 4) is 22.3 Å². The van der Waals surface area contributed by atoms with Crippen LogP contribution in [0.1, 0.15) is 24.8 Å². The summed E-state index contributed by atoms with van der Waals surface area (Å²) in [5.74, 6) is 0.373. The van der Waals surface area contributed by atoms with Gasteiger partial charge in [-0.25, -0.2) is 4.98 Å². The van der Waals surface area contributed by atoms with Crippen LogP contribution in [0.5, 0.6) is 5.75 Å². The Balaban J connectivity index is 1.73. The molecule has 1 aliphatic heterocycles. The molecule has 1 aromatic heterocycles. The fraction of sp³-hybridized carbons (Fsp3) is 0.353. The Kier molecular flexibility index (Phi) is 5.08. The lowest BCUT2D eigenvalue weighted by Crippen LogP contribution is -2.33. The Bertz CT molecular complexity index is 776. The molecule has 0 aliphatic carbocycles. The van der Waals surface area contributed by atoms with Crippen molar-refractivity contribution >= 4 is 22.4 Å². The van der Waals surface area contributed by atoms with Crippen LogP contribution >= 0.6 is 11.3 Å². The van der Waals surface area contributed by atoms with Crippen molar-refractivity contribution in [2.75, 3.05) is 19.0 Å². The molecule has 1 fully saturated rings. The Morgan fingerprint density at radius 3 is 3.08 bits per heavy atom. The molecule has 1 aliphatic rings. The quantitative estimate of drug-likeness (QED) is 0.921. The number of hydrogen-bond acceptors (Lipinski definition) is 6. The van der Waals surface area contributed by atoms with E-state index in [-0.39, 0.29) is 12.0 Å².